The molecule has 1 unspecified atom stereocenters. The molecule has 1 saturated carbocycles. The molecule has 0 radical (unpaired) electrons. The highest BCUT2D eigenvalue weighted by Gasteiger charge is 2.31. The highest BCUT2D eigenvalue weighted by molar-refractivity contribution is 6.31. The first kappa shape index (κ1) is 13.9. The first-order valence-corrected chi connectivity index (χ1v) is 7.13. The molecule has 0 spiro atoms. The van der Waals surface area contributed by atoms with Crippen molar-refractivity contribution in [1.82, 2.24) is 4.90 Å². The van der Waals surface area contributed by atoms with Gasteiger partial charge in [0.2, 0.25) is 0 Å². The normalized spacial score (nSPS) is 20.3. The lowest BCUT2D eigenvalue weighted by molar-refractivity contribution is 0.199. The summed E-state index contributed by atoms with van der Waals surface area (Å²) in [6.45, 7) is 3.14. The van der Waals surface area contributed by atoms with E-state index in [1.54, 1.807) is 0 Å². The van der Waals surface area contributed by atoms with Crippen LogP contribution >= 0.6 is 11.6 Å². The van der Waals surface area contributed by atoms with Crippen LogP contribution < -0.4 is 5.73 Å². The molecule has 2 N–H and O–H groups in total. The number of halogens is 1. The van der Waals surface area contributed by atoms with E-state index in [1.807, 2.05) is 18.2 Å². The molecule has 1 aliphatic rings. The van der Waals surface area contributed by atoms with E-state index in [-0.39, 0.29) is 5.54 Å². The quantitative estimate of drug-likeness (QED) is 0.902. The van der Waals surface area contributed by atoms with Crippen LogP contribution in [0.3, 0.4) is 0 Å². The van der Waals surface area contributed by atoms with Crippen molar-refractivity contribution in [1.29, 1.82) is 0 Å². The predicted molar refractivity (Wildman–Crippen MR) is 77.9 cm³/mol. The molecule has 1 fully saturated rings. The number of hydrogen-bond acceptors (Lipinski definition) is 2. The van der Waals surface area contributed by atoms with Gasteiger partial charge in [0.05, 0.1) is 0 Å². The van der Waals surface area contributed by atoms with Crippen molar-refractivity contribution in [2.24, 2.45) is 5.73 Å². The molecule has 2 nitrogen and oxygen atoms in total. The molecule has 18 heavy (non-hydrogen) atoms. The lowest BCUT2D eigenvalue weighted by atomic mass is 9.97. The van der Waals surface area contributed by atoms with Gasteiger partial charge in [-0.15, -0.1) is 0 Å². The van der Waals surface area contributed by atoms with Crippen molar-refractivity contribution in [3.8, 4) is 0 Å². The minimum absolute atomic E-state index is 0.00423. The number of nitrogens with zero attached hydrogens (tertiary/aromatic N) is 1. The summed E-state index contributed by atoms with van der Waals surface area (Å²) in [5.41, 5.74) is 7.63. The standard InChI is InChI=1S/C15H23ClN2/c1-12(13-7-3-4-8-14(13)16)18(2)11-15(17)9-5-6-10-15/h3-4,7-8,12H,5-6,9-11,17H2,1-2H3. The summed E-state index contributed by atoms with van der Waals surface area (Å²) in [6.07, 6.45) is 4.83. The van der Waals surface area contributed by atoms with Crippen LogP contribution in [-0.2, 0) is 0 Å². The van der Waals surface area contributed by atoms with E-state index >= 15 is 0 Å². The van der Waals surface area contributed by atoms with E-state index in [0.29, 0.717) is 6.04 Å². The van der Waals surface area contributed by atoms with Crippen LogP contribution in [0, 0.1) is 0 Å². The molecule has 0 bridgehead atoms. The summed E-state index contributed by atoms with van der Waals surface area (Å²) in [5.74, 6) is 0. The van der Waals surface area contributed by atoms with E-state index in [1.165, 1.54) is 18.4 Å². The average Bonchev–Trinajstić information content (AvgIpc) is 2.75. The first-order valence-electron chi connectivity index (χ1n) is 6.75. The number of rotatable bonds is 4. The summed E-state index contributed by atoms with van der Waals surface area (Å²) in [7, 11) is 2.14. The molecule has 0 aromatic heterocycles. The molecular weight excluding hydrogens is 244 g/mol. The molecule has 0 amide bonds. The molecule has 3 heteroatoms. The van der Waals surface area contributed by atoms with Gasteiger partial charge in [-0.25, -0.2) is 0 Å². The fourth-order valence-electron chi connectivity index (χ4n) is 2.92. The zero-order valence-electron chi connectivity index (χ0n) is 11.3. The van der Waals surface area contributed by atoms with Crippen molar-refractivity contribution in [3.05, 3.63) is 34.9 Å². The van der Waals surface area contributed by atoms with Crippen LogP contribution in [0.5, 0.6) is 0 Å². The number of likely N-dealkylation sites (N-methyl/N-ethyl adjacent to an activating group) is 1. The topological polar surface area (TPSA) is 29.3 Å². The van der Waals surface area contributed by atoms with Crippen LogP contribution in [0.1, 0.15) is 44.2 Å². The first-order chi connectivity index (χ1) is 8.52. The fourth-order valence-corrected chi connectivity index (χ4v) is 3.22. The monoisotopic (exact) mass is 266 g/mol. The Hall–Kier alpha value is -0.570. The van der Waals surface area contributed by atoms with Gasteiger partial charge >= 0.3 is 0 Å². The van der Waals surface area contributed by atoms with E-state index in [2.05, 4.69) is 24.9 Å². The summed E-state index contributed by atoms with van der Waals surface area (Å²) < 4.78 is 0. The van der Waals surface area contributed by atoms with E-state index < -0.39 is 0 Å². The van der Waals surface area contributed by atoms with Gasteiger partial charge in [-0.05, 0) is 38.4 Å². The smallest absolute Gasteiger partial charge is 0.0453 e. The Morgan fingerprint density at radius 3 is 2.56 bits per heavy atom. The van der Waals surface area contributed by atoms with Crippen molar-refractivity contribution in [2.75, 3.05) is 13.6 Å². The molecule has 0 saturated heterocycles. The second-order valence-electron chi connectivity index (χ2n) is 5.68. The Labute approximate surface area is 115 Å². The Morgan fingerprint density at radius 2 is 1.94 bits per heavy atom. The third-order valence-electron chi connectivity index (χ3n) is 4.18. The molecule has 0 heterocycles. The van der Waals surface area contributed by atoms with Gasteiger partial charge in [0.1, 0.15) is 0 Å². The molecule has 1 aromatic carbocycles. The number of benzene rings is 1. The lowest BCUT2D eigenvalue weighted by Gasteiger charge is -2.34. The van der Waals surface area contributed by atoms with E-state index in [0.717, 1.165) is 24.4 Å². The molecule has 2 rings (SSSR count). The summed E-state index contributed by atoms with van der Waals surface area (Å²) in [4.78, 5) is 2.33. The minimum Gasteiger partial charge on any atom is -0.324 e. The van der Waals surface area contributed by atoms with E-state index in [4.69, 9.17) is 17.3 Å². The SMILES string of the molecule is CC(c1ccccc1Cl)N(C)CC1(N)CCCC1. The summed E-state index contributed by atoms with van der Waals surface area (Å²) in [6, 6.07) is 8.37. The van der Waals surface area contributed by atoms with Gasteiger partial charge in [0, 0.05) is 23.1 Å². The van der Waals surface area contributed by atoms with Crippen LogP contribution in [0.2, 0.25) is 5.02 Å². The molecule has 1 aromatic rings. The number of hydrogen-bond donors (Lipinski definition) is 1. The molecule has 0 aliphatic heterocycles. The Kier molecular flexibility index (Phi) is 4.31. The van der Waals surface area contributed by atoms with Gasteiger partial charge in [-0.3, -0.25) is 4.90 Å². The summed E-state index contributed by atoms with van der Waals surface area (Å²) in [5, 5.41) is 0.842. The fraction of sp³-hybridized carbons (Fsp3) is 0.600. The van der Waals surface area contributed by atoms with Gasteiger partial charge < -0.3 is 5.73 Å². The number of nitrogens with two attached hydrogens (primary N) is 1. The molecular formula is C15H23ClN2. The molecule has 1 aliphatic carbocycles. The van der Waals surface area contributed by atoms with Crippen molar-refractivity contribution < 1.29 is 0 Å². The minimum atomic E-state index is 0.00423. The highest BCUT2D eigenvalue weighted by Crippen LogP contribution is 2.31. The van der Waals surface area contributed by atoms with Crippen LogP contribution in [0.25, 0.3) is 0 Å². The van der Waals surface area contributed by atoms with Gasteiger partial charge in [-0.2, -0.15) is 0 Å². The second kappa shape index (κ2) is 5.60. The highest BCUT2D eigenvalue weighted by atomic mass is 35.5. The third kappa shape index (κ3) is 3.05. The maximum absolute atomic E-state index is 6.44. The average molecular weight is 267 g/mol. The molecule has 1 atom stereocenters. The van der Waals surface area contributed by atoms with Crippen LogP contribution in [0.15, 0.2) is 24.3 Å². The van der Waals surface area contributed by atoms with Gasteiger partial charge in [-0.1, -0.05) is 42.6 Å². The Bertz CT molecular complexity index is 399. The van der Waals surface area contributed by atoms with Crippen molar-refractivity contribution in [3.63, 3.8) is 0 Å². The van der Waals surface area contributed by atoms with Crippen LogP contribution in [-0.4, -0.2) is 24.0 Å². The predicted octanol–water partition coefficient (Wildman–Crippen LogP) is 3.60. The Morgan fingerprint density at radius 1 is 1.33 bits per heavy atom. The lowest BCUT2D eigenvalue weighted by Crippen LogP contribution is -2.47. The third-order valence-corrected chi connectivity index (χ3v) is 4.52. The zero-order valence-corrected chi connectivity index (χ0v) is 12.1. The maximum Gasteiger partial charge on any atom is 0.0453 e. The zero-order chi connectivity index (χ0) is 13.2. The summed E-state index contributed by atoms with van der Waals surface area (Å²) >= 11 is 6.26. The van der Waals surface area contributed by atoms with E-state index in [9.17, 15) is 0 Å². The van der Waals surface area contributed by atoms with Gasteiger partial charge in [0.25, 0.3) is 0 Å². The van der Waals surface area contributed by atoms with Crippen LogP contribution in [0.4, 0.5) is 0 Å². The Balaban J connectivity index is 2.05. The van der Waals surface area contributed by atoms with Crippen molar-refractivity contribution >= 4 is 11.6 Å². The van der Waals surface area contributed by atoms with Gasteiger partial charge in [0.15, 0.2) is 0 Å². The second-order valence-corrected chi connectivity index (χ2v) is 6.09. The largest absolute Gasteiger partial charge is 0.324 e. The van der Waals surface area contributed by atoms with Crippen molar-refractivity contribution in [2.45, 2.75) is 44.2 Å². The maximum atomic E-state index is 6.44. The molecule has 100 valence electrons.